The summed E-state index contributed by atoms with van der Waals surface area (Å²) < 4.78 is 17.4. The number of hydrogen-bond acceptors (Lipinski definition) is 8. The minimum Gasteiger partial charge on any atom is -0.508 e. The molecule has 0 radical (unpaired) electrons. The standard InChI is InChI=1S/C23H29N3O4S/c1-5-31-21(17-9-6-7-10-19(17)27)23-25-24-22(30-23)18-12-11-16(15-20(18)28-4)29-14-8-13-26(2)3/h6-7,9-12,15,21,27H,5,8,13-14H2,1-4H3. The number of aromatic nitrogens is 2. The van der Waals surface area contributed by atoms with Crippen LogP contribution in [-0.4, -0.2) is 60.3 Å². The second kappa shape index (κ2) is 11.1. The molecule has 8 heteroatoms. The molecular weight excluding hydrogens is 414 g/mol. The van der Waals surface area contributed by atoms with Crippen molar-refractivity contribution in [2.75, 3.05) is 40.1 Å². The Morgan fingerprint density at radius 1 is 1.16 bits per heavy atom. The number of thioether (sulfide) groups is 1. The Hall–Kier alpha value is -2.71. The molecule has 1 aromatic heterocycles. The topological polar surface area (TPSA) is 80.9 Å². The fraction of sp³-hybridized carbons (Fsp3) is 0.391. The van der Waals surface area contributed by atoms with Crippen molar-refractivity contribution in [3.8, 4) is 28.7 Å². The molecule has 0 aliphatic carbocycles. The van der Waals surface area contributed by atoms with Crippen molar-refractivity contribution in [2.24, 2.45) is 0 Å². The van der Waals surface area contributed by atoms with E-state index in [-0.39, 0.29) is 11.0 Å². The Balaban J connectivity index is 1.81. The van der Waals surface area contributed by atoms with E-state index in [4.69, 9.17) is 13.9 Å². The zero-order chi connectivity index (χ0) is 22.2. The minimum atomic E-state index is -0.252. The van der Waals surface area contributed by atoms with Gasteiger partial charge in [-0.3, -0.25) is 0 Å². The Bertz CT molecular complexity index is 977. The summed E-state index contributed by atoms with van der Waals surface area (Å²) in [7, 11) is 5.68. The summed E-state index contributed by atoms with van der Waals surface area (Å²) in [6, 6.07) is 12.8. The molecule has 3 aromatic rings. The zero-order valence-corrected chi connectivity index (χ0v) is 19.2. The number of aromatic hydroxyl groups is 1. The maximum absolute atomic E-state index is 10.3. The van der Waals surface area contributed by atoms with Gasteiger partial charge in [0.2, 0.25) is 5.89 Å². The first kappa shape index (κ1) is 23.0. The normalized spacial score (nSPS) is 12.2. The highest BCUT2D eigenvalue weighted by atomic mass is 32.2. The lowest BCUT2D eigenvalue weighted by Gasteiger charge is -2.13. The number of methoxy groups -OCH3 is 1. The maximum Gasteiger partial charge on any atom is 0.251 e. The number of hydrogen-bond donors (Lipinski definition) is 1. The monoisotopic (exact) mass is 443 g/mol. The molecule has 1 heterocycles. The first-order valence-corrected chi connectivity index (χ1v) is 11.3. The van der Waals surface area contributed by atoms with Crippen molar-refractivity contribution in [2.45, 2.75) is 18.6 Å². The summed E-state index contributed by atoms with van der Waals surface area (Å²) >= 11 is 1.62. The predicted molar refractivity (Wildman–Crippen MR) is 123 cm³/mol. The average molecular weight is 444 g/mol. The number of benzene rings is 2. The summed E-state index contributed by atoms with van der Waals surface area (Å²) in [5.74, 6) is 3.18. The molecule has 166 valence electrons. The van der Waals surface area contributed by atoms with Gasteiger partial charge in [-0.25, -0.2) is 0 Å². The van der Waals surface area contributed by atoms with Gasteiger partial charge >= 0.3 is 0 Å². The average Bonchev–Trinajstić information content (AvgIpc) is 3.25. The molecule has 0 saturated heterocycles. The Morgan fingerprint density at radius 2 is 1.97 bits per heavy atom. The van der Waals surface area contributed by atoms with Crippen LogP contribution < -0.4 is 9.47 Å². The van der Waals surface area contributed by atoms with E-state index in [9.17, 15) is 5.11 Å². The van der Waals surface area contributed by atoms with Gasteiger partial charge in [0.1, 0.15) is 22.5 Å². The lowest BCUT2D eigenvalue weighted by molar-refractivity contribution is 0.280. The van der Waals surface area contributed by atoms with Crippen molar-refractivity contribution in [1.82, 2.24) is 15.1 Å². The van der Waals surface area contributed by atoms with Crippen LogP contribution in [0.3, 0.4) is 0 Å². The highest BCUT2D eigenvalue weighted by molar-refractivity contribution is 7.99. The molecule has 0 amide bonds. The van der Waals surface area contributed by atoms with Gasteiger partial charge in [-0.05, 0) is 44.5 Å². The molecule has 3 rings (SSSR count). The summed E-state index contributed by atoms with van der Waals surface area (Å²) in [6.45, 7) is 3.64. The smallest absolute Gasteiger partial charge is 0.251 e. The molecule has 7 nitrogen and oxygen atoms in total. The van der Waals surface area contributed by atoms with E-state index in [0.717, 1.165) is 30.0 Å². The van der Waals surface area contributed by atoms with Crippen LogP contribution in [0.2, 0.25) is 0 Å². The lowest BCUT2D eigenvalue weighted by atomic mass is 10.1. The summed E-state index contributed by atoms with van der Waals surface area (Å²) in [5, 5.41) is 18.5. The molecule has 1 N–H and O–H groups in total. The van der Waals surface area contributed by atoms with Crippen LogP contribution >= 0.6 is 11.8 Å². The molecule has 2 aromatic carbocycles. The molecule has 1 atom stereocenters. The molecule has 0 fully saturated rings. The first-order chi connectivity index (χ1) is 15.0. The zero-order valence-electron chi connectivity index (χ0n) is 18.4. The van der Waals surface area contributed by atoms with Gasteiger partial charge in [0.15, 0.2) is 0 Å². The quantitative estimate of drug-likeness (QED) is 0.430. The number of rotatable bonds is 11. The van der Waals surface area contributed by atoms with E-state index >= 15 is 0 Å². The fourth-order valence-electron chi connectivity index (χ4n) is 3.13. The SMILES string of the molecule is CCSC(c1nnc(-c2ccc(OCCCN(C)C)cc2OC)o1)c1ccccc1O. The van der Waals surface area contributed by atoms with E-state index in [2.05, 4.69) is 22.0 Å². The van der Waals surface area contributed by atoms with Crippen molar-refractivity contribution in [3.05, 3.63) is 53.9 Å². The van der Waals surface area contributed by atoms with Crippen molar-refractivity contribution < 1.29 is 19.0 Å². The van der Waals surface area contributed by atoms with Crippen molar-refractivity contribution >= 4 is 11.8 Å². The van der Waals surface area contributed by atoms with Crippen LogP contribution in [0.5, 0.6) is 17.2 Å². The number of nitrogens with zero attached hydrogens (tertiary/aromatic N) is 3. The molecule has 0 bridgehead atoms. The summed E-state index contributed by atoms with van der Waals surface area (Å²) in [6.07, 6.45) is 0.937. The van der Waals surface area contributed by atoms with Crippen molar-refractivity contribution in [3.63, 3.8) is 0 Å². The third-order valence-electron chi connectivity index (χ3n) is 4.64. The number of phenols is 1. The highest BCUT2D eigenvalue weighted by Crippen LogP contribution is 2.41. The minimum absolute atomic E-state index is 0.210. The van der Waals surface area contributed by atoms with E-state index in [1.54, 1.807) is 31.0 Å². The Morgan fingerprint density at radius 3 is 2.68 bits per heavy atom. The van der Waals surface area contributed by atoms with E-state index in [1.165, 1.54) is 0 Å². The molecule has 0 saturated carbocycles. The third kappa shape index (κ3) is 5.92. The molecule has 0 aliphatic heterocycles. The highest BCUT2D eigenvalue weighted by Gasteiger charge is 2.24. The fourth-order valence-corrected chi connectivity index (χ4v) is 4.08. The Kier molecular flexibility index (Phi) is 8.20. The lowest BCUT2D eigenvalue weighted by Crippen LogP contribution is -2.15. The molecule has 0 aliphatic rings. The van der Waals surface area contributed by atoms with Crippen LogP contribution in [0.25, 0.3) is 11.5 Å². The number of ether oxygens (including phenoxy) is 2. The van der Waals surface area contributed by atoms with Crippen molar-refractivity contribution in [1.29, 1.82) is 0 Å². The van der Waals surface area contributed by atoms with Crippen LogP contribution in [0.15, 0.2) is 46.9 Å². The van der Waals surface area contributed by atoms with Crippen LogP contribution in [0.1, 0.15) is 30.0 Å². The summed E-state index contributed by atoms with van der Waals surface area (Å²) in [4.78, 5) is 2.12. The van der Waals surface area contributed by atoms with E-state index in [1.807, 2.05) is 44.4 Å². The largest absolute Gasteiger partial charge is 0.508 e. The van der Waals surface area contributed by atoms with Gasteiger partial charge in [-0.15, -0.1) is 22.0 Å². The molecule has 1 unspecified atom stereocenters. The molecule has 31 heavy (non-hydrogen) atoms. The molecular formula is C23H29N3O4S. The predicted octanol–water partition coefficient (Wildman–Crippen LogP) is 4.62. The van der Waals surface area contributed by atoms with Gasteiger partial charge in [0.25, 0.3) is 5.89 Å². The Labute approximate surface area is 187 Å². The third-order valence-corrected chi connectivity index (χ3v) is 5.76. The van der Waals surface area contributed by atoms with E-state index in [0.29, 0.717) is 29.7 Å². The maximum atomic E-state index is 10.3. The number of para-hydroxylation sites is 1. The molecule has 0 spiro atoms. The van der Waals surface area contributed by atoms with Gasteiger partial charge in [0, 0.05) is 18.2 Å². The summed E-state index contributed by atoms with van der Waals surface area (Å²) in [5.41, 5.74) is 1.44. The van der Waals surface area contributed by atoms with Crippen LogP contribution in [0.4, 0.5) is 0 Å². The second-order valence-electron chi connectivity index (χ2n) is 7.21. The first-order valence-electron chi connectivity index (χ1n) is 10.2. The van der Waals surface area contributed by atoms with E-state index < -0.39 is 0 Å². The van der Waals surface area contributed by atoms with Gasteiger partial charge in [-0.1, -0.05) is 25.1 Å². The van der Waals surface area contributed by atoms with Crippen LogP contribution in [0, 0.1) is 0 Å². The van der Waals surface area contributed by atoms with Gasteiger partial charge in [-0.2, -0.15) is 0 Å². The van der Waals surface area contributed by atoms with Gasteiger partial charge in [0.05, 0.1) is 19.3 Å². The van der Waals surface area contributed by atoms with Crippen LogP contribution in [-0.2, 0) is 0 Å². The number of phenolic OH excluding ortho intramolecular Hbond substituents is 1. The van der Waals surface area contributed by atoms with Gasteiger partial charge < -0.3 is 23.9 Å². The second-order valence-corrected chi connectivity index (χ2v) is 8.59.